The van der Waals surface area contributed by atoms with Crippen molar-refractivity contribution in [1.29, 1.82) is 0 Å². The quantitative estimate of drug-likeness (QED) is 0.527. The maximum absolute atomic E-state index is 2.31. The fraction of sp³-hybridized carbons (Fsp3) is 0.818. The largest absolute Gasteiger partial charge is 0.0884 e. The van der Waals surface area contributed by atoms with Gasteiger partial charge in [0.2, 0.25) is 0 Å². The van der Waals surface area contributed by atoms with E-state index in [0.29, 0.717) is 5.41 Å². The summed E-state index contributed by atoms with van der Waals surface area (Å²) in [5, 5.41) is 0. The average molecular weight is 154 g/mol. The highest BCUT2D eigenvalue weighted by atomic mass is 14.3. The van der Waals surface area contributed by atoms with E-state index in [2.05, 4.69) is 47.6 Å². The molecular formula is C11H22. The van der Waals surface area contributed by atoms with Crippen molar-refractivity contribution in [3.63, 3.8) is 0 Å². The van der Waals surface area contributed by atoms with Gasteiger partial charge >= 0.3 is 0 Å². The van der Waals surface area contributed by atoms with E-state index in [1.165, 1.54) is 12.0 Å². The maximum atomic E-state index is 2.31. The molecular weight excluding hydrogens is 132 g/mol. The van der Waals surface area contributed by atoms with Gasteiger partial charge in [-0.05, 0) is 31.6 Å². The summed E-state index contributed by atoms with van der Waals surface area (Å²) in [5.74, 6) is 0.743. The molecule has 0 heterocycles. The molecule has 0 amide bonds. The minimum atomic E-state index is 0.422. The summed E-state index contributed by atoms with van der Waals surface area (Å²) in [6.07, 6.45) is 3.49. The predicted molar refractivity (Wildman–Crippen MR) is 52.7 cm³/mol. The van der Waals surface area contributed by atoms with Crippen LogP contribution in [0.5, 0.6) is 0 Å². The second-order valence-corrected chi connectivity index (χ2v) is 4.36. The van der Waals surface area contributed by atoms with E-state index in [1.807, 2.05) is 0 Å². The van der Waals surface area contributed by atoms with Crippen LogP contribution in [0.15, 0.2) is 11.6 Å². The SMILES string of the molecule is CC=C(C)C(CC)C(C)(C)C. The third-order valence-electron chi connectivity index (χ3n) is 2.46. The van der Waals surface area contributed by atoms with Crippen molar-refractivity contribution in [3.8, 4) is 0 Å². The minimum absolute atomic E-state index is 0.422. The number of rotatable bonds is 2. The first-order valence-electron chi connectivity index (χ1n) is 4.56. The molecule has 0 bridgehead atoms. The molecule has 11 heavy (non-hydrogen) atoms. The molecule has 0 aromatic carbocycles. The van der Waals surface area contributed by atoms with Crippen molar-refractivity contribution in [2.45, 2.75) is 48.0 Å². The fourth-order valence-corrected chi connectivity index (χ4v) is 1.82. The summed E-state index contributed by atoms with van der Waals surface area (Å²) in [6.45, 7) is 13.6. The van der Waals surface area contributed by atoms with Gasteiger partial charge in [0.25, 0.3) is 0 Å². The highest BCUT2D eigenvalue weighted by Gasteiger charge is 2.23. The Morgan fingerprint density at radius 1 is 1.36 bits per heavy atom. The molecule has 0 nitrogen and oxygen atoms in total. The van der Waals surface area contributed by atoms with Crippen molar-refractivity contribution >= 4 is 0 Å². The molecule has 0 saturated heterocycles. The van der Waals surface area contributed by atoms with Gasteiger partial charge in [0.1, 0.15) is 0 Å². The summed E-state index contributed by atoms with van der Waals surface area (Å²) >= 11 is 0. The Hall–Kier alpha value is -0.260. The molecule has 0 rings (SSSR count). The summed E-state index contributed by atoms with van der Waals surface area (Å²) in [5.41, 5.74) is 1.95. The zero-order chi connectivity index (χ0) is 9.07. The zero-order valence-electron chi connectivity index (χ0n) is 8.86. The van der Waals surface area contributed by atoms with Gasteiger partial charge in [-0.2, -0.15) is 0 Å². The van der Waals surface area contributed by atoms with Crippen LogP contribution in [0, 0.1) is 11.3 Å². The van der Waals surface area contributed by atoms with Crippen LogP contribution < -0.4 is 0 Å². The lowest BCUT2D eigenvalue weighted by Crippen LogP contribution is -2.20. The highest BCUT2D eigenvalue weighted by molar-refractivity contribution is 5.05. The molecule has 0 aromatic heterocycles. The molecule has 0 aliphatic rings. The number of hydrogen-bond donors (Lipinski definition) is 0. The standard InChI is InChI=1S/C11H22/c1-7-9(3)10(8-2)11(4,5)6/h7,10H,8H2,1-6H3. The first-order chi connectivity index (χ1) is 4.93. The van der Waals surface area contributed by atoms with Crippen molar-refractivity contribution in [1.82, 2.24) is 0 Å². The Bertz CT molecular complexity index is 135. The van der Waals surface area contributed by atoms with Crippen LogP contribution >= 0.6 is 0 Å². The minimum Gasteiger partial charge on any atom is -0.0884 e. The summed E-state index contributed by atoms with van der Waals surface area (Å²) in [4.78, 5) is 0. The third kappa shape index (κ3) is 3.09. The second-order valence-electron chi connectivity index (χ2n) is 4.36. The van der Waals surface area contributed by atoms with Crippen LogP contribution in [-0.4, -0.2) is 0 Å². The maximum Gasteiger partial charge on any atom is -0.0160 e. The van der Waals surface area contributed by atoms with Crippen LogP contribution in [0.1, 0.15) is 48.0 Å². The summed E-state index contributed by atoms with van der Waals surface area (Å²) in [6, 6.07) is 0. The smallest absolute Gasteiger partial charge is 0.0160 e. The Balaban J connectivity index is 4.42. The van der Waals surface area contributed by atoms with E-state index in [9.17, 15) is 0 Å². The number of hydrogen-bond acceptors (Lipinski definition) is 0. The normalized spacial score (nSPS) is 16.7. The molecule has 1 atom stereocenters. The van der Waals surface area contributed by atoms with Gasteiger partial charge in [0.15, 0.2) is 0 Å². The van der Waals surface area contributed by atoms with Crippen LogP contribution in [0.3, 0.4) is 0 Å². The molecule has 0 aromatic rings. The third-order valence-corrected chi connectivity index (χ3v) is 2.46. The van der Waals surface area contributed by atoms with Gasteiger partial charge in [-0.25, -0.2) is 0 Å². The zero-order valence-corrected chi connectivity index (χ0v) is 8.86. The van der Waals surface area contributed by atoms with Crippen LogP contribution in [0.2, 0.25) is 0 Å². The van der Waals surface area contributed by atoms with E-state index in [0.717, 1.165) is 5.92 Å². The van der Waals surface area contributed by atoms with Crippen molar-refractivity contribution in [2.24, 2.45) is 11.3 Å². The monoisotopic (exact) mass is 154 g/mol. The average Bonchev–Trinajstić information content (AvgIpc) is 1.86. The summed E-state index contributed by atoms with van der Waals surface area (Å²) < 4.78 is 0. The Morgan fingerprint density at radius 2 is 1.82 bits per heavy atom. The first kappa shape index (κ1) is 10.7. The molecule has 0 aliphatic carbocycles. The Labute approximate surface area is 71.7 Å². The fourth-order valence-electron chi connectivity index (χ4n) is 1.82. The van der Waals surface area contributed by atoms with Crippen LogP contribution in [-0.2, 0) is 0 Å². The lowest BCUT2D eigenvalue weighted by Gasteiger charge is -2.30. The lowest BCUT2D eigenvalue weighted by atomic mass is 9.75. The van der Waals surface area contributed by atoms with Gasteiger partial charge in [0.05, 0.1) is 0 Å². The molecule has 0 aliphatic heterocycles. The van der Waals surface area contributed by atoms with Crippen molar-refractivity contribution < 1.29 is 0 Å². The Morgan fingerprint density at radius 3 is 1.91 bits per heavy atom. The van der Waals surface area contributed by atoms with Crippen LogP contribution in [0.4, 0.5) is 0 Å². The topological polar surface area (TPSA) is 0 Å². The van der Waals surface area contributed by atoms with Crippen molar-refractivity contribution in [3.05, 3.63) is 11.6 Å². The van der Waals surface area contributed by atoms with E-state index in [1.54, 1.807) is 0 Å². The first-order valence-corrected chi connectivity index (χ1v) is 4.56. The number of allylic oxidation sites excluding steroid dienone is 2. The molecule has 0 saturated carbocycles. The Kier molecular flexibility index (Phi) is 3.85. The van der Waals surface area contributed by atoms with Crippen molar-refractivity contribution in [2.75, 3.05) is 0 Å². The van der Waals surface area contributed by atoms with Gasteiger partial charge < -0.3 is 0 Å². The molecule has 66 valence electrons. The van der Waals surface area contributed by atoms with E-state index < -0.39 is 0 Å². The van der Waals surface area contributed by atoms with Gasteiger partial charge in [0, 0.05) is 0 Å². The molecule has 0 N–H and O–H groups in total. The van der Waals surface area contributed by atoms with E-state index in [4.69, 9.17) is 0 Å². The molecule has 0 heteroatoms. The summed E-state index contributed by atoms with van der Waals surface area (Å²) in [7, 11) is 0. The molecule has 1 unspecified atom stereocenters. The van der Waals surface area contributed by atoms with Gasteiger partial charge in [-0.1, -0.05) is 39.3 Å². The van der Waals surface area contributed by atoms with E-state index >= 15 is 0 Å². The van der Waals surface area contributed by atoms with Crippen LogP contribution in [0.25, 0.3) is 0 Å². The lowest BCUT2D eigenvalue weighted by molar-refractivity contribution is 0.272. The second kappa shape index (κ2) is 3.94. The predicted octanol–water partition coefficient (Wildman–Crippen LogP) is 4.02. The van der Waals surface area contributed by atoms with Gasteiger partial charge in [-0.15, -0.1) is 0 Å². The molecule has 0 radical (unpaired) electrons. The van der Waals surface area contributed by atoms with Gasteiger partial charge in [-0.3, -0.25) is 0 Å². The highest BCUT2D eigenvalue weighted by Crippen LogP contribution is 2.33. The molecule has 0 fully saturated rings. The van der Waals surface area contributed by atoms with E-state index in [-0.39, 0.29) is 0 Å². The molecule has 0 spiro atoms.